The normalized spacial score (nSPS) is 11.9. The third kappa shape index (κ3) is 3.24. The van der Waals surface area contributed by atoms with Gasteiger partial charge in [-0.3, -0.25) is 0 Å². The quantitative estimate of drug-likeness (QED) is 0.737. The monoisotopic (exact) mass is 235 g/mol. The van der Waals surface area contributed by atoms with Crippen LogP contribution < -0.4 is 14.8 Å². The lowest BCUT2D eigenvalue weighted by molar-refractivity contribution is 0.349. The highest BCUT2D eigenvalue weighted by Gasteiger charge is 2.15. The van der Waals surface area contributed by atoms with E-state index in [-0.39, 0.29) is 6.04 Å². The lowest BCUT2D eigenvalue weighted by Crippen LogP contribution is -2.20. The largest absolute Gasteiger partial charge is 0.493 e. The minimum Gasteiger partial charge on any atom is -0.493 e. The predicted molar refractivity (Wildman–Crippen MR) is 70.8 cm³/mol. The second-order valence-corrected chi connectivity index (χ2v) is 3.75. The van der Waals surface area contributed by atoms with Crippen molar-refractivity contribution in [2.45, 2.75) is 19.4 Å². The molecule has 0 aliphatic carbocycles. The topological polar surface area (TPSA) is 30.5 Å². The Hall–Kier alpha value is -1.48. The number of methoxy groups -OCH3 is 2. The summed E-state index contributed by atoms with van der Waals surface area (Å²) in [6, 6.07) is 5.96. The van der Waals surface area contributed by atoms with Gasteiger partial charge in [0.25, 0.3) is 0 Å². The molecule has 0 radical (unpaired) electrons. The molecule has 0 amide bonds. The highest BCUT2D eigenvalue weighted by Crippen LogP contribution is 2.34. The Morgan fingerprint density at radius 3 is 2.65 bits per heavy atom. The molecule has 0 aromatic heterocycles. The van der Waals surface area contributed by atoms with Crippen LogP contribution in [0.5, 0.6) is 11.5 Å². The van der Waals surface area contributed by atoms with Crippen molar-refractivity contribution >= 4 is 0 Å². The Balaban J connectivity index is 3.04. The third-order valence-corrected chi connectivity index (χ3v) is 2.62. The average molecular weight is 235 g/mol. The smallest absolute Gasteiger partial charge is 0.165 e. The van der Waals surface area contributed by atoms with Crippen molar-refractivity contribution in [3.8, 4) is 11.5 Å². The Morgan fingerprint density at radius 1 is 1.35 bits per heavy atom. The first-order valence-corrected chi connectivity index (χ1v) is 5.85. The van der Waals surface area contributed by atoms with Crippen LogP contribution in [0, 0.1) is 0 Å². The zero-order chi connectivity index (χ0) is 12.7. The summed E-state index contributed by atoms with van der Waals surface area (Å²) in [6.45, 7) is 6.94. The third-order valence-electron chi connectivity index (χ3n) is 2.62. The van der Waals surface area contributed by atoms with Gasteiger partial charge >= 0.3 is 0 Å². The number of benzene rings is 1. The predicted octanol–water partition coefficient (Wildman–Crippen LogP) is 2.93. The molecule has 0 aliphatic heterocycles. The van der Waals surface area contributed by atoms with Gasteiger partial charge in [-0.05, 0) is 19.0 Å². The second kappa shape index (κ2) is 6.97. The Bertz CT molecular complexity index is 363. The van der Waals surface area contributed by atoms with Crippen molar-refractivity contribution in [2.75, 3.05) is 20.8 Å². The molecule has 0 spiro atoms. The Labute approximate surface area is 103 Å². The number of hydrogen-bond acceptors (Lipinski definition) is 3. The molecule has 0 fully saturated rings. The van der Waals surface area contributed by atoms with Gasteiger partial charge in [0.2, 0.25) is 0 Å². The minimum atomic E-state index is 0.0833. The molecule has 1 atom stereocenters. The van der Waals surface area contributed by atoms with Crippen LogP contribution in [0.3, 0.4) is 0 Å². The van der Waals surface area contributed by atoms with Crippen molar-refractivity contribution in [1.29, 1.82) is 0 Å². The van der Waals surface area contributed by atoms with Gasteiger partial charge in [0.1, 0.15) is 0 Å². The zero-order valence-electron chi connectivity index (χ0n) is 10.8. The molecule has 3 nitrogen and oxygen atoms in total. The van der Waals surface area contributed by atoms with Crippen LogP contribution in [0.25, 0.3) is 0 Å². The van der Waals surface area contributed by atoms with E-state index in [2.05, 4.69) is 18.8 Å². The maximum absolute atomic E-state index is 5.42. The van der Waals surface area contributed by atoms with E-state index in [0.717, 1.165) is 30.0 Å². The molecule has 1 rings (SSSR count). The summed E-state index contributed by atoms with van der Waals surface area (Å²) < 4.78 is 10.7. The first-order valence-electron chi connectivity index (χ1n) is 5.85. The van der Waals surface area contributed by atoms with Crippen molar-refractivity contribution < 1.29 is 9.47 Å². The molecular formula is C14H21NO2. The molecule has 1 aromatic carbocycles. The second-order valence-electron chi connectivity index (χ2n) is 3.75. The van der Waals surface area contributed by atoms with Gasteiger partial charge in [-0.15, -0.1) is 6.58 Å². The van der Waals surface area contributed by atoms with E-state index in [9.17, 15) is 0 Å². The highest BCUT2D eigenvalue weighted by molar-refractivity contribution is 5.49. The lowest BCUT2D eigenvalue weighted by Gasteiger charge is -2.19. The zero-order valence-corrected chi connectivity index (χ0v) is 10.8. The molecule has 1 N–H and O–H groups in total. The summed E-state index contributed by atoms with van der Waals surface area (Å²) in [4.78, 5) is 0. The van der Waals surface area contributed by atoms with Crippen LogP contribution in [0.1, 0.15) is 24.9 Å². The van der Waals surface area contributed by atoms with Gasteiger partial charge in [0.05, 0.1) is 20.3 Å². The van der Waals surface area contributed by atoms with Crippen molar-refractivity contribution in [3.63, 3.8) is 0 Å². The van der Waals surface area contributed by atoms with E-state index >= 15 is 0 Å². The van der Waals surface area contributed by atoms with E-state index in [4.69, 9.17) is 9.47 Å². The molecule has 17 heavy (non-hydrogen) atoms. The Kier molecular flexibility index (Phi) is 5.57. The van der Waals surface area contributed by atoms with Crippen LogP contribution in [0.2, 0.25) is 0 Å². The molecule has 0 saturated carbocycles. The van der Waals surface area contributed by atoms with Gasteiger partial charge in [0.15, 0.2) is 11.5 Å². The van der Waals surface area contributed by atoms with Gasteiger partial charge in [-0.25, -0.2) is 0 Å². The maximum atomic E-state index is 5.42. The minimum absolute atomic E-state index is 0.0833. The fourth-order valence-electron chi connectivity index (χ4n) is 1.78. The molecule has 94 valence electrons. The standard InChI is InChI=1S/C14H21NO2/c1-5-10-15-12(6-2)11-8-7-9-13(16-3)14(11)17-4/h6-9,12,15H,2,5,10H2,1,3-4H3. The van der Waals surface area contributed by atoms with Crippen molar-refractivity contribution in [1.82, 2.24) is 5.32 Å². The molecular weight excluding hydrogens is 214 g/mol. The van der Waals surface area contributed by atoms with E-state index in [1.165, 1.54) is 0 Å². The van der Waals surface area contributed by atoms with Crippen molar-refractivity contribution in [2.24, 2.45) is 0 Å². The molecule has 3 heteroatoms. The van der Waals surface area contributed by atoms with Crippen molar-refractivity contribution in [3.05, 3.63) is 36.4 Å². The summed E-state index contributed by atoms with van der Waals surface area (Å²) in [7, 11) is 3.30. The fraction of sp³-hybridized carbons (Fsp3) is 0.429. The molecule has 0 bridgehead atoms. The lowest BCUT2D eigenvalue weighted by atomic mass is 10.0. The number of rotatable bonds is 7. The van der Waals surface area contributed by atoms with E-state index in [1.807, 2.05) is 24.3 Å². The molecule has 0 aliphatic rings. The van der Waals surface area contributed by atoms with E-state index in [0.29, 0.717) is 0 Å². The SMILES string of the molecule is C=CC(NCCC)c1cccc(OC)c1OC. The van der Waals surface area contributed by atoms with Gasteiger partial charge in [-0.1, -0.05) is 25.1 Å². The summed E-state index contributed by atoms with van der Waals surface area (Å²) in [5.74, 6) is 1.51. The van der Waals surface area contributed by atoms with Crippen LogP contribution >= 0.6 is 0 Å². The van der Waals surface area contributed by atoms with Gasteiger partial charge in [-0.2, -0.15) is 0 Å². The van der Waals surface area contributed by atoms with Gasteiger partial charge < -0.3 is 14.8 Å². The first-order chi connectivity index (χ1) is 8.28. The summed E-state index contributed by atoms with van der Waals surface area (Å²) in [6.07, 6.45) is 2.96. The molecule has 1 unspecified atom stereocenters. The number of para-hydroxylation sites is 1. The highest BCUT2D eigenvalue weighted by atomic mass is 16.5. The fourth-order valence-corrected chi connectivity index (χ4v) is 1.78. The summed E-state index contributed by atoms with van der Waals surface area (Å²) in [5, 5.41) is 3.41. The molecule has 1 aromatic rings. The van der Waals surface area contributed by atoms with Crippen LogP contribution in [0.4, 0.5) is 0 Å². The van der Waals surface area contributed by atoms with E-state index < -0.39 is 0 Å². The molecule has 0 heterocycles. The summed E-state index contributed by atoms with van der Waals surface area (Å²) in [5.41, 5.74) is 1.05. The average Bonchev–Trinajstić information content (AvgIpc) is 2.39. The van der Waals surface area contributed by atoms with Crippen LogP contribution in [0.15, 0.2) is 30.9 Å². The maximum Gasteiger partial charge on any atom is 0.165 e. The number of hydrogen-bond donors (Lipinski definition) is 1. The first kappa shape index (κ1) is 13.6. The molecule has 0 saturated heterocycles. The summed E-state index contributed by atoms with van der Waals surface area (Å²) >= 11 is 0. The van der Waals surface area contributed by atoms with E-state index in [1.54, 1.807) is 14.2 Å². The van der Waals surface area contributed by atoms with Gasteiger partial charge in [0, 0.05) is 5.56 Å². The van der Waals surface area contributed by atoms with Crippen LogP contribution in [-0.2, 0) is 0 Å². The number of nitrogens with one attached hydrogen (secondary N) is 1. The number of ether oxygens (including phenoxy) is 2. The van der Waals surface area contributed by atoms with Crippen LogP contribution in [-0.4, -0.2) is 20.8 Å². The Morgan fingerprint density at radius 2 is 2.12 bits per heavy atom.